The summed E-state index contributed by atoms with van der Waals surface area (Å²) in [5, 5.41) is 5.31. The van der Waals surface area contributed by atoms with Gasteiger partial charge >= 0.3 is 0 Å². The third-order valence-corrected chi connectivity index (χ3v) is 3.47. The first-order valence-electron chi connectivity index (χ1n) is 7.11. The molecule has 0 bridgehead atoms. The van der Waals surface area contributed by atoms with Gasteiger partial charge in [-0.15, -0.1) is 0 Å². The van der Waals surface area contributed by atoms with Crippen LogP contribution in [0.15, 0.2) is 18.2 Å². The Morgan fingerprint density at radius 3 is 2.63 bits per heavy atom. The second kappa shape index (κ2) is 6.57. The summed E-state index contributed by atoms with van der Waals surface area (Å²) in [7, 11) is 0. The van der Waals surface area contributed by atoms with Crippen molar-refractivity contribution in [2.24, 2.45) is 0 Å². The van der Waals surface area contributed by atoms with Crippen LogP contribution in [0.3, 0.4) is 0 Å². The maximum atomic E-state index is 12.2. The van der Waals surface area contributed by atoms with E-state index < -0.39 is 0 Å². The number of nitrogens with zero attached hydrogens (tertiary/aromatic N) is 1. The minimum absolute atomic E-state index is 0.00644. The Hall–Kier alpha value is -1.55. The summed E-state index contributed by atoms with van der Waals surface area (Å²) in [5.74, 6) is -0.00644. The van der Waals surface area contributed by atoms with Crippen LogP contribution in [0.25, 0.3) is 0 Å². The smallest absolute Gasteiger partial charge is 0.265 e. The van der Waals surface area contributed by atoms with Crippen LogP contribution in [0.2, 0.25) is 0 Å². The molecule has 4 heteroatoms. The first-order chi connectivity index (χ1) is 9.20. The zero-order valence-electron chi connectivity index (χ0n) is 11.8. The van der Waals surface area contributed by atoms with Gasteiger partial charge in [-0.1, -0.05) is 6.42 Å². The average Bonchev–Trinajstić information content (AvgIpc) is 2.42. The molecule has 0 aliphatic carbocycles. The highest BCUT2D eigenvalue weighted by atomic mass is 16.2. The number of amides is 1. The van der Waals surface area contributed by atoms with Crippen LogP contribution in [-0.4, -0.2) is 30.6 Å². The van der Waals surface area contributed by atoms with Crippen molar-refractivity contribution in [2.45, 2.75) is 33.1 Å². The van der Waals surface area contributed by atoms with E-state index in [0.29, 0.717) is 0 Å². The number of hydrogen-bond donors (Lipinski definition) is 2. The lowest BCUT2D eigenvalue weighted by Gasteiger charge is -2.26. The highest BCUT2D eigenvalue weighted by Crippen LogP contribution is 2.16. The van der Waals surface area contributed by atoms with Gasteiger partial charge in [0.1, 0.15) is 0 Å². The quantitative estimate of drug-likeness (QED) is 0.875. The lowest BCUT2D eigenvalue weighted by Crippen LogP contribution is -2.45. The van der Waals surface area contributed by atoms with Crippen molar-refractivity contribution in [1.82, 2.24) is 10.4 Å². The van der Waals surface area contributed by atoms with E-state index in [1.165, 1.54) is 19.3 Å². The second-order valence-corrected chi connectivity index (χ2v) is 5.05. The molecule has 0 saturated carbocycles. The van der Waals surface area contributed by atoms with Crippen molar-refractivity contribution in [3.05, 3.63) is 29.3 Å². The third-order valence-electron chi connectivity index (χ3n) is 3.47. The molecule has 104 valence electrons. The summed E-state index contributed by atoms with van der Waals surface area (Å²) >= 11 is 0. The van der Waals surface area contributed by atoms with Gasteiger partial charge in [-0.2, -0.15) is 0 Å². The first-order valence-corrected chi connectivity index (χ1v) is 7.11. The van der Waals surface area contributed by atoms with E-state index in [1.54, 1.807) is 0 Å². The molecule has 0 spiro atoms. The average molecular weight is 261 g/mol. The zero-order chi connectivity index (χ0) is 13.7. The van der Waals surface area contributed by atoms with Crippen LogP contribution >= 0.6 is 0 Å². The van der Waals surface area contributed by atoms with E-state index in [0.717, 1.165) is 36.4 Å². The van der Waals surface area contributed by atoms with Crippen LogP contribution in [0.4, 0.5) is 5.69 Å². The number of benzene rings is 1. The molecule has 1 saturated heterocycles. The minimum atomic E-state index is -0.00644. The summed E-state index contributed by atoms with van der Waals surface area (Å²) in [6, 6.07) is 5.80. The number of hydrazine groups is 1. The molecule has 1 aromatic carbocycles. The van der Waals surface area contributed by atoms with Gasteiger partial charge in [0, 0.05) is 30.9 Å². The van der Waals surface area contributed by atoms with Gasteiger partial charge in [0.25, 0.3) is 5.91 Å². The van der Waals surface area contributed by atoms with Gasteiger partial charge in [-0.05, 0) is 50.5 Å². The number of rotatable bonds is 4. The molecular weight excluding hydrogens is 238 g/mol. The topological polar surface area (TPSA) is 44.4 Å². The molecule has 0 aromatic heterocycles. The zero-order valence-corrected chi connectivity index (χ0v) is 11.8. The van der Waals surface area contributed by atoms with Crippen molar-refractivity contribution in [3.63, 3.8) is 0 Å². The Bertz CT molecular complexity index is 439. The molecule has 2 N–H and O–H groups in total. The van der Waals surface area contributed by atoms with Crippen molar-refractivity contribution < 1.29 is 4.79 Å². The molecule has 1 aromatic rings. The van der Waals surface area contributed by atoms with Gasteiger partial charge in [0.2, 0.25) is 0 Å². The summed E-state index contributed by atoms with van der Waals surface area (Å²) in [6.07, 6.45) is 3.60. The van der Waals surface area contributed by atoms with Crippen molar-refractivity contribution in [1.29, 1.82) is 0 Å². The van der Waals surface area contributed by atoms with E-state index in [9.17, 15) is 4.79 Å². The summed E-state index contributed by atoms with van der Waals surface area (Å²) in [5.41, 5.74) is 5.91. The number of hydrogen-bond acceptors (Lipinski definition) is 3. The van der Waals surface area contributed by atoms with Crippen molar-refractivity contribution in [2.75, 3.05) is 25.0 Å². The number of nitrogens with one attached hydrogen (secondary N) is 2. The molecule has 19 heavy (non-hydrogen) atoms. The molecule has 1 fully saturated rings. The summed E-state index contributed by atoms with van der Waals surface area (Å²) < 4.78 is 0. The largest absolute Gasteiger partial charge is 0.385 e. The molecule has 2 rings (SSSR count). The number of carbonyl (C=O) groups is 1. The monoisotopic (exact) mass is 261 g/mol. The van der Waals surface area contributed by atoms with Crippen molar-refractivity contribution in [3.8, 4) is 0 Å². The Balaban J connectivity index is 2.00. The van der Waals surface area contributed by atoms with E-state index >= 15 is 0 Å². The highest BCUT2D eigenvalue weighted by molar-refractivity contribution is 5.94. The lowest BCUT2D eigenvalue weighted by atomic mass is 10.1. The fourth-order valence-electron chi connectivity index (χ4n) is 2.41. The fourth-order valence-corrected chi connectivity index (χ4v) is 2.41. The normalized spacial score (nSPS) is 16.1. The van der Waals surface area contributed by atoms with Crippen LogP contribution in [0.5, 0.6) is 0 Å². The minimum Gasteiger partial charge on any atom is -0.385 e. The van der Waals surface area contributed by atoms with Crippen LogP contribution in [-0.2, 0) is 0 Å². The predicted molar refractivity (Wildman–Crippen MR) is 78.2 cm³/mol. The molecule has 4 nitrogen and oxygen atoms in total. The summed E-state index contributed by atoms with van der Waals surface area (Å²) in [6.45, 7) is 6.90. The van der Waals surface area contributed by atoms with E-state index in [1.807, 2.05) is 30.1 Å². The molecule has 1 aliphatic rings. The third kappa shape index (κ3) is 3.70. The molecule has 1 aliphatic heterocycles. The highest BCUT2D eigenvalue weighted by Gasteiger charge is 2.14. The van der Waals surface area contributed by atoms with Gasteiger partial charge in [-0.3, -0.25) is 10.2 Å². The maximum absolute atomic E-state index is 12.2. The van der Waals surface area contributed by atoms with Crippen LogP contribution in [0, 0.1) is 6.92 Å². The molecule has 0 atom stereocenters. The Morgan fingerprint density at radius 2 is 2.00 bits per heavy atom. The molecular formula is C15H23N3O. The van der Waals surface area contributed by atoms with Crippen LogP contribution in [0.1, 0.15) is 42.1 Å². The Labute approximate surface area is 115 Å². The number of aryl methyl sites for hydroxylation is 1. The Kier molecular flexibility index (Phi) is 4.80. The number of anilines is 1. The Morgan fingerprint density at radius 1 is 1.26 bits per heavy atom. The summed E-state index contributed by atoms with van der Waals surface area (Å²) in [4.78, 5) is 12.2. The first kappa shape index (κ1) is 13.9. The van der Waals surface area contributed by atoms with Crippen LogP contribution < -0.4 is 10.7 Å². The molecule has 1 amide bonds. The molecule has 0 radical (unpaired) electrons. The fraction of sp³-hybridized carbons (Fsp3) is 0.533. The van der Waals surface area contributed by atoms with E-state index in [2.05, 4.69) is 17.7 Å². The second-order valence-electron chi connectivity index (χ2n) is 5.05. The van der Waals surface area contributed by atoms with E-state index in [4.69, 9.17) is 0 Å². The molecule has 1 heterocycles. The van der Waals surface area contributed by atoms with Gasteiger partial charge in [-0.25, -0.2) is 5.01 Å². The SMILES string of the molecule is CCNc1ccc(C(=O)NN2CCCCC2)cc1C. The number of carbonyl (C=O) groups excluding carboxylic acids is 1. The lowest BCUT2D eigenvalue weighted by molar-refractivity contribution is 0.0750. The van der Waals surface area contributed by atoms with Gasteiger partial charge < -0.3 is 5.32 Å². The molecule has 0 unspecified atom stereocenters. The van der Waals surface area contributed by atoms with Crippen molar-refractivity contribution >= 4 is 11.6 Å². The maximum Gasteiger partial charge on any atom is 0.265 e. The van der Waals surface area contributed by atoms with Gasteiger partial charge in [0.05, 0.1) is 0 Å². The van der Waals surface area contributed by atoms with E-state index in [-0.39, 0.29) is 5.91 Å². The standard InChI is InChI=1S/C15H23N3O/c1-3-16-14-8-7-13(11-12(14)2)15(19)17-18-9-5-4-6-10-18/h7-8,11,16H,3-6,9-10H2,1-2H3,(H,17,19). The van der Waals surface area contributed by atoms with Gasteiger partial charge in [0.15, 0.2) is 0 Å². The predicted octanol–water partition coefficient (Wildman–Crippen LogP) is 2.56. The number of piperidine rings is 1.